The minimum Gasteiger partial charge on any atom is -0.383 e. The lowest BCUT2D eigenvalue weighted by atomic mass is 10.1. The van der Waals surface area contributed by atoms with E-state index in [1.807, 2.05) is 0 Å². The molecule has 0 radical (unpaired) electrons. The molecule has 0 amide bonds. The summed E-state index contributed by atoms with van der Waals surface area (Å²) in [6.45, 7) is 4.04. The van der Waals surface area contributed by atoms with E-state index in [-0.39, 0.29) is 24.0 Å². The molecular weight excluding hydrogens is 379 g/mol. The van der Waals surface area contributed by atoms with Crippen LogP contribution in [0, 0.1) is 6.92 Å². The first-order chi connectivity index (χ1) is 9.70. The van der Waals surface area contributed by atoms with Crippen molar-refractivity contribution in [2.75, 3.05) is 26.8 Å². The topological polar surface area (TPSA) is 75.4 Å². The molecule has 2 rings (SSSR count). The molecule has 0 unspecified atom stereocenters. The first-order valence-electron chi connectivity index (χ1n) is 6.80. The minimum atomic E-state index is 0. The number of nitrogens with zero attached hydrogens (tertiary/aromatic N) is 1. The number of fused-ring (bicyclic) bond motifs is 1. The lowest BCUT2D eigenvalue weighted by Gasteiger charge is -2.05. The predicted octanol–water partition coefficient (Wildman–Crippen LogP) is 2.19. The number of nitrogens with one attached hydrogen (secondary N) is 2. The number of H-pyrrole nitrogens is 1. The molecule has 0 fully saturated rings. The van der Waals surface area contributed by atoms with Crippen LogP contribution in [0.3, 0.4) is 0 Å². The average Bonchev–Trinajstić information content (AvgIpc) is 2.81. The first kappa shape index (κ1) is 17.8. The van der Waals surface area contributed by atoms with Crippen LogP contribution >= 0.6 is 24.0 Å². The first-order valence-corrected chi connectivity index (χ1v) is 6.80. The Balaban J connectivity index is 0.00000220. The maximum absolute atomic E-state index is 5.76. The highest BCUT2D eigenvalue weighted by molar-refractivity contribution is 14.0. The van der Waals surface area contributed by atoms with Gasteiger partial charge in [-0.2, -0.15) is 0 Å². The van der Waals surface area contributed by atoms with E-state index in [2.05, 4.69) is 46.6 Å². The summed E-state index contributed by atoms with van der Waals surface area (Å²) in [7, 11) is 1.65. The van der Waals surface area contributed by atoms with Crippen LogP contribution in [0.2, 0.25) is 0 Å². The van der Waals surface area contributed by atoms with Crippen LogP contribution in [-0.4, -0.2) is 37.7 Å². The molecule has 0 saturated heterocycles. The number of aliphatic imine (C=N–C) groups is 1. The summed E-state index contributed by atoms with van der Waals surface area (Å²) in [5, 5.41) is 4.38. The highest BCUT2D eigenvalue weighted by Crippen LogP contribution is 2.19. The van der Waals surface area contributed by atoms with Gasteiger partial charge in [-0.15, -0.1) is 24.0 Å². The molecule has 2 aromatic rings. The standard InChI is InChI=1S/C15H22N4O.HI/c1-11-3-4-13-12(10-19-14(13)9-11)5-6-17-15(16)18-7-8-20-2;/h3-4,9-10,19H,5-8H2,1-2H3,(H3,16,17,18);1H. The van der Waals surface area contributed by atoms with Gasteiger partial charge in [-0.05, 0) is 30.5 Å². The molecule has 116 valence electrons. The van der Waals surface area contributed by atoms with Crippen molar-refractivity contribution in [2.24, 2.45) is 10.7 Å². The summed E-state index contributed by atoms with van der Waals surface area (Å²) in [6.07, 6.45) is 2.97. The van der Waals surface area contributed by atoms with Crippen molar-refractivity contribution in [1.29, 1.82) is 0 Å². The number of hydrogen-bond acceptors (Lipinski definition) is 2. The van der Waals surface area contributed by atoms with E-state index in [0.717, 1.165) is 13.0 Å². The van der Waals surface area contributed by atoms with Crippen molar-refractivity contribution >= 4 is 40.8 Å². The second-order valence-electron chi connectivity index (χ2n) is 4.80. The Bertz CT molecular complexity index is 594. The van der Waals surface area contributed by atoms with E-state index in [0.29, 0.717) is 19.1 Å². The second-order valence-corrected chi connectivity index (χ2v) is 4.80. The molecule has 21 heavy (non-hydrogen) atoms. The predicted molar refractivity (Wildman–Crippen MR) is 98.5 cm³/mol. The normalized spacial score (nSPS) is 11.4. The monoisotopic (exact) mass is 402 g/mol. The highest BCUT2D eigenvalue weighted by Gasteiger charge is 2.03. The third-order valence-electron chi connectivity index (χ3n) is 3.20. The molecule has 0 spiro atoms. The number of aryl methyl sites for hydroxylation is 1. The highest BCUT2D eigenvalue weighted by atomic mass is 127. The van der Waals surface area contributed by atoms with Gasteiger partial charge in [0.2, 0.25) is 0 Å². The summed E-state index contributed by atoms with van der Waals surface area (Å²) in [6, 6.07) is 6.45. The van der Waals surface area contributed by atoms with E-state index in [9.17, 15) is 0 Å². The number of aromatic nitrogens is 1. The van der Waals surface area contributed by atoms with Crippen molar-refractivity contribution in [1.82, 2.24) is 10.3 Å². The van der Waals surface area contributed by atoms with Crippen molar-refractivity contribution in [3.8, 4) is 0 Å². The smallest absolute Gasteiger partial charge is 0.188 e. The van der Waals surface area contributed by atoms with Crippen molar-refractivity contribution in [3.05, 3.63) is 35.5 Å². The quantitative estimate of drug-likeness (QED) is 0.300. The van der Waals surface area contributed by atoms with E-state index in [1.165, 1.54) is 22.0 Å². The number of halogens is 1. The fraction of sp³-hybridized carbons (Fsp3) is 0.400. The van der Waals surface area contributed by atoms with Crippen LogP contribution in [-0.2, 0) is 11.2 Å². The SMILES string of the molecule is COCCN=C(N)NCCc1c[nH]c2cc(C)ccc12.I. The Morgan fingerprint density at radius 2 is 2.24 bits per heavy atom. The van der Waals surface area contributed by atoms with Gasteiger partial charge in [-0.25, -0.2) is 0 Å². The van der Waals surface area contributed by atoms with Crippen molar-refractivity contribution in [3.63, 3.8) is 0 Å². The fourth-order valence-electron chi connectivity index (χ4n) is 2.15. The van der Waals surface area contributed by atoms with Gasteiger partial charge in [-0.1, -0.05) is 12.1 Å². The van der Waals surface area contributed by atoms with E-state index in [4.69, 9.17) is 10.5 Å². The molecule has 0 aliphatic rings. The van der Waals surface area contributed by atoms with E-state index >= 15 is 0 Å². The molecule has 1 aromatic heterocycles. The Morgan fingerprint density at radius 3 is 3.00 bits per heavy atom. The van der Waals surface area contributed by atoms with Gasteiger partial charge < -0.3 is 20.8 Å². The number of aromatic amines is 1. The number of guanidine groups is 1. The van der Waals surface area contributed by atoms with Gasteiger partial charge in [0.05, 0.1) is 13.2 Å². The zero-order valence-electron chi connectivity index (χ0n) is 12.5. The fourth-order valence-corrected chi connectivity index (χ4v) is 2.15. The Morgan fingerprint density at radius 1 is 1.43 bits per heavy atom. The van der Waals surface area contributed by atoms with Crippen molar-refractivity contribution in [2.45, 2.75) is 13.3 Å². The molecule has 0 bridgehead atoms. The molecule has 1 aromatic carbocycles. The van der Waals surface area contributed by atoms with E-state index in [1.54, 1.807) is 7.11 Å². The van der Waals surface area contributed by atoms with Crippen LogP contribution in [0.15, 0.2) is 29.4 Å². The summed E-state index contributed by atoms with van der Waals surface area (Å²) in [4.78, 5) is 7.46. The molecule has 0 saturated carbocycles. The van der Waals surface area contributed by atoms with Crippen molar-refractivity contribution < 1.29 is 4.74 Å². The third kappa shape index (κ3) is 5.20. The molecule has 1 heterocycles. The van der Waals surface area contributed by atoms with Gasteiger partial charge in [0, 0.05) is 30.8 Å². The van der Waals surface area contributed by atoms with Gasteiger partial charge in [0.25, 0.3) is 0 Å². The molecular formula is C15H23IN4O. The second kappa shape index (κ2) is 8.89. The summed E-state index contributed by atoms with van der Waals surface area (Å²) < 4.78 is 4.92. The number of ether oxygens (including phenoxy) is 1. The number of benzene rings is 1. The van der Waals surface area contributed by atoms with Gasteiger partial charge in [0.15, 0.2) is 5.96 Å². The molecule has 5 nitrogen and oxygen atoms in total. The minimum absolute atomic E-state index is 0. The number of methoxy groups -OCH3 is 1. The zero-order valence-corrected chi connectivity index (χ0v) is 14.8. The van der Waals surface area contributed by atoms with Crippen LogP contribution in [0.5, 0.6) is 0 Å². The summed E-state index contributed by atoms with van der Waals surface area (Å²) in [5.41, 5.74) is 9.50. The average molecular weight is 402 g/mol. The Hall–Kier alpha value is -1.28. The summed E-state index contributed by atoms with van der Waals surface area (Å²) >= 11 is 0. The zero-order chi connectivity index (χ0) is 14.4. The van der Waals surface area contributed by atoms with E-state index < -0.39 is 0 Å². The number of rotatable bonds is 6. The Kier molecular flexibility index (Phi) is 7.52. The number of nitrogens with two attached hydrogens (primary N) is 1. The maximum atomic E-state index is 5.76. The third-order valence-corrected chi connectivity index (χ3v) is 3.20. The van der Waals surface area contributed by atoms with Gasteiger partial charge in [0.1, 0.15) is 0 Å². The van der Waals surface area contributed by atoms with Crippen LogP contribution in [0.1, 0.15) is 11.1 Å². The Labute approximate surface area is 142 Å². The number of hydrogen-bond donors (Lipinski definition) is 3. The summed E-state index contributed by atoms with van der Waals surface area (Å²) in [5.74, 6) is 0.470. The van der Waals surface area contributed by atoms with Crippen LogP contribution in [0.25, 0.3) is 10.9 Å². The van der Waals surface area contributed by atoms with Crippen LogP contribution in [0.4, 0.5) is 0 Å². The van der Waals surface area contributed by atoms with Gasteiger partial charge >= 0.3 is 0 Å². The lowest BCUT2D eigenvalue weighted by Crippen LogP contribution is -2.33. The largest absolute Gasteiger partial charge is 0.383 e. The lowest BCUT2D eigenvalue weighted by molar-refractivity contribution is 0.208. The van der Waals surface area contributed by atoms with Gasteiger partial charge in [-0.3, -0.25) is 4.99 Å². The molecule has 6 heteroatoms. The molecule has 0 aliphatic heterocycles. The molecule has 0 atom stereocenters. The molecule has 0 aliphatic carbocycles. The molecule has 4 N–H and O–H groups in total. The maximum Gasteiger partial charge on any atom is 0.188 e. The van der Waals surface area contributed by atoms with Crippen LogP contribution < -0.4 is 11.1 Å².